The SMILES string of the molecule is O=[N+]([O-])c1c(Cl)cccc1NCC1CCCCN1. The monoisotopic (exact) mass is 269 g/mol. The van der Waals surface area contributed by atoms with Crippen LogP contribution < -0.4 is 10.6 Å². The van der Waals surface area contributed by atoms with E-state index >= 15 is 0 Å². The molecule has 0 radical (unpaired) electrons. The number of hydrogen-bond donors (Lipinski definition) is 2. The van der Waals surface area contributed by atoms with Crippen LogP contribution in [-0.2, 0) is 0 Å². The zero-order valence-electron chi connectivity index (χ0n) is 9.99. The molecular formula is C12H16ClN3O2. The number of piperidine rings is 1. The molecule has 0 amide bonds. The van der Waals surface area contributed by atoms with Crippen molar-refractivity contribution in [2.24, 2.45) is 0 Å². The Kier molecular flexibility index (Phi) is 4.38. The van der Waals surface area contributed by atoms with Gasteiger partial charge in [0.2, 0.25) is 0 Å². The van der Waals surface area contributed by atoms with Gasteiger partial charge in [-0.3, -0.25) is 10.1 Å². The molecule has 2 N–H and O–H groups in total. The van der Waals surface area contributed by atoms with Crippen LogP contribution in [-0.4, -0.2) is 24.1 Å². The number of nitro groups is 1. The Bertz CT molecular complexity index is 433. The fraction of sp³-hybridized carbons (Fsp3) is 0.500. The van der Waals surface area contributed by atoms with Gasteiger partial charge in [0.05, 0.1) is 4.92 Å². The minimum atomic E-state index is -0.445. The van der Waals surface area contributed by atoms with Gasteiger partial charge in [-0.25, -0.2) is 0 Å². The molecule has 98 valence electrons. The summed E-state index contributed by atoms with van der Waals surface area (Å²) in [5, 5.41) is 17.6. The highest BCUT2D eigenvalue weighted by molar-refractivity contribution is 6.33. The molecule has 1 aliphatic heterocycles. The normalized spacial score (nSPS) is 19.5. The number of rotatable bonds is 4. The standard InChI is InChI=1S/C12H16ClN3O2/c13-10-5-3-6-11(12(10)16(17)18)15-8-9-4-1-2-7-14-9/h3,5-6,9,14-15H,1-2,4,7-8H2. The average Bonchev–Trinajstić information content (AvgIpc) is 2.37. The van der Waals surface area contributed by atoms with Gasteiger partial charge in [-0.05, 0) is 31.5 Å². The van der Waals surface area contributed by atoms with E-state index in [1.54, 1.807) is 12.1 Å². The van der Waals surface area contributed by atoms with E-state index < -0.39 is 4.92 Å². The van der Waals surface area contributed by atoms with Gasteiger partial charge in [0.25, 0.3) is 0 Å². The minimum Gasteiger partial charge on any atom is -0.378 e. The second kappa shape index (κ2) is 6.02. The largest absolute Gasteiger partial charge is 0.378 e. The molecule has 1 fully saturated rings. The highest BCUT2D eigenvalue weighted by Crippen LogP contribution is 2.32. The Labute approximate surface area is 111 Å². The number of halogens is 1. The molecule has 0 aliphatic carbocycles. The van der Waals surface area contributed by atoms with Gasteiger partial charge >= 0.3 is 5.69 Å². The lowest BCUT2D eigenvalue weighted by molar-refractivity contribution is -0.383. The van der Waals surface area contributed by atoms with Crippen LogP contribution in [0.25, 0.3) is 0 Å². The van der Waals surface area contributed by atoms with Gasteiger partial charge in [-0.15, -0.1) is 0 Å². The van der Waals surface area contributed by atoms with E-state index in [1.807, 2.05) is 0 Å². The van der Waals surface area contributed by atoms with Gasteiger partial charge in [-0.1, -0.05) is 24.1 Å². The van der Waals surface area contributed by atoms with Crippen molar-refractivity contribution in [2.45, 2.75) is 25.3 Å². The topological polar surface area (TPSA) is 67.2 Å². The number of hydrogen-bond acceptors (Lipinski definition) is 4. The lowest BCUT2D eigenvalue weighted by Crippen LogP contribution is -2.39. The molecule has 6 heteroatoms. The van der Waals surface area contributed by atoms with Crippen molar-refractivity contribution in [3.05, 3.63) is 33.3 Å². The van der Waals surface area contributed by atoms with E-state index in [4.69, 9.17) is 11.6 Å². The van der Waals surface area contributed by atoms with Crippen molar-refractivity contribution in [1.29, 1.82) is 0 Å². The molecular weight excluding hydrogens is 254 g/mol. The molecule has 0 aromatic heterocycles. The van der Waals surface area contributed by atoms with Crippen molar-refractivity contribution >= 4 is 23.0 Å². The van der Waals surface area contributed by atoms with Crippen LogP contribution in [0.4, 0.5) is 11.4 Å². The number of para-hydroxylation sites is 1. The third-order valence-corrected chi connectivity index (χ3v) is 3.43. The minimum absolute atomic E-state index is 0.0463. The fourth-order valence-corrected chi connectivity index (χ4v) is 2.42. The molecule has 18 heavy (non-hydrogen) atoms. The summed E-state index contributed by atoms with van der Waals surface area (Å²) >= 11 is 5.85. The van der Waals surface area contributed by atoms with Crippen molar-refractivity contribution in [3.63, 3.8) is 0 Å². The van der Waals surface area contributed by atoms with Crippen molar-refractivity contribution in [1.82, 2.24) is 5.32 Å². The first-order chi connectivity index (χ1) is 8.68. The Balaban J connectivity index is 2.04. The molecule has 1 unspecified atom stereocenters. The van der Waals surface area contributed by atoms with E-state index in [1.165, 1.54) is 18.9 Å². The van der Waals surface area contributed by atoms with Crippen molar-refractivity contribution in [2.75, 3.05) is 18.4 Å². The predicted octanol–water partition coefficient (Wildman–Crippen LogP) is 2.80. The lowest BCUT2D eigenvalue weighted by Gasteiger charge is -2.24. The van der Waals surface area contributed by atoms with Crippen LogP contribution in [0.5, 0.6) is 0 Å². The molecule has 1 heterocycles. The maximum atomic E-state index is 11.0. The molecule has 1 atom stereocenters. The predicted molar refractivity (Wildman–Crippen MR) is 72.2 cm³/mol. The average molecular weight is 270 g/mol. The molecule has 1 aliphatic rings. The first-order valence-electron chi connectivity index (χ1n) is 6.08. The van der Waals surface area contributed by atoms with E-state index in [2.05, 4.69) is 10.6 Å². The highest BCUT2D eigenvalue weighted by Gasteiger charge is 2.19. The summed E-state index contributed by atoms with van der Waals surface area (Å²) in [6.07, 6.45) is 3.51. The zero-order chi connectivity index (χ0) is 13.0. The zero-order valence-corrected chi connectivity index (χ0v) is 10.7. The first kappa shape index (κ1) is 13.1. The first-order valence-corrected chi connectivity index (χ1v) is 6.46. The van der Waals surface area contributed by atoms with Crippen molar-refractivity contribution < 1.29 is 4.92 Å². The van der Waals surface area contributed by atoms with Gasteiger partial charge < -0.3 is 10.6 Å². The highest BCUT2D eigenvalue weighted by atomic mass is 35.5. The smallest absolute Gasteiger partial charge is 0.310 e. The second-order valence-electron chi connectivity index (χ2n) is 4.42. The molecule has 2 rings (SSSR count). The lowest BCUT2D eigenvalue weighted by atomic mass is 10.1. The summed E-state index contributed by atoms with van der Waals surface area (Å²) in [7, 11) is 0. The molecule has 1 aromatic rings. The van der Waals surface area contributed by atoms with Gasteiger partial charge in [0, 0.05) is 12.6 Å². The maximum absolute atomic E-state index is 11.0. The Hall–Kier alpha value is -1.33. The number of nitrogens with one attached hydrogen (secondary N) is 2. The van der Waals surface area contributed by atoms with E-state index in [9.17, 15) is 10.1 Å². The summed E-state index contributed by atoms with van der Waals surface area (Å²) in [4.78, 5) is 10.5. The quantitative estimate of drug-likeness (QED) is 0.651. The van der Waals surface area contributed by atoms with Crippen LogP contribution in [0.2, 0.25) is 5.02 Å². The second-order valence-corrected chi connectivity index (χ2v) is 4.83. The fourth-order valence-electron chi connectivity index (χ4n) is 2.17. The van der Waals surface area contributed by atoms with Crippen LogP contribution in [0.15, 0.2) is 18.2 Å². The van der Waals surface area contributed by atoms with Gasteiger partial charge in [0.15, 0.2) is 0 Å². The van der Waals surface area contributed by atoms with Crippen LogP contribution >= 0.6 is 11.6 Å². The van der Waals surface area contributed by atoms with E-state index in [0.717, 1.165) is 13.0 Å². The summed E-state index contributed by atoms with van der Waals surface area (Å²) < 4.78 is 0. The number of benzene rings is 1. The molecule has 5 nitrogen and oxygen atoms in total. The third-order valence-electron chi connectivity index (χ3n) is 3.12. The Morgan fingerprint density at radius 1 is 1.50 bits per heavy atom. The summed E-state index contributed by atoms with van der Waals surface area (Å²) in [5.41, 5.74) is 0.440. The van der Waals surface area contributed by atoms with Crippen LogP contribution in [0, 0.1) is 10.1 Å². The molecule has 0 bridgehead atoms. The molecule has 1 aromatic carbocycles. The van der Waals surface area contributed by atoms with E-state index in [0.29, 0.717) is 18.3 Å². The van der Waals surface area contributed by atoms with Crippen LogP contribution in [0.3, 0.4) is 0 Å². The molecule has 0 spiro atoms. The van der Waals surface area contributed by atoms with Gasteiger partial charge in [0.1, 0.15) is 10.7 Å². The van der Waals surface area contributed by atoms with Gasteiger partial charge in [-0.2, -0.15) is 0 Å². The Morgan fingerprint density at radius 3 is 3.00 bits per heavy atom. The van der Waals surface area contributed by atoms with Crippen LogP contribution in [0.1, 0.15) is 19.3 Å². The summed E-state index contributed by atoms with van der Waals surface area (Å²) in [6.45, 7) is 1.70. The molecule has 0 saturated carbocycles. The third kappa shape index (κ3) is 3.11. The number of anilines is 1. The van der Waals surface area contributed by atoms with Crippen molar-refractivity contribution in [3.8, 4) is 0 Å². The number of nitro benzene ring substituents is 1. The summed E-state index contributed by atoms with van der Waals surface area (Å²) in [6, 6.07) is 5.31. The van der Waals surface area contributed by atoms with E-state index in [-0.39, 0.29) is 10.7 Å². The molecule has 1 saturated heterocycles. The maximum Gasteiger partial charge on any atom is 0.310 e. The Morgan fingerprint density at radius 2 is 2.33 bits per heavy atom. The summed E-state index contributed by atoms with van der Waals surface area (Å²) in [5.74, 6) is 0. The number of nitrogens with zero attached hydrogens (tertiary/aromatic N) is 1.